The minimum absolute atomic E-state index is 0.470. The number of nitrogens with zero attached hydrogens (tertiary/aromatic N) is 5. The van der Waals surface area contributed by atoms with E-state index in [1.54, 1.807) is 24.8 Å². The molecule has 0 saturated carbocycles. The van der Waals surface area contributed by atoms with Crippen LogP contribution in [0.1, 0.15) is 31.7 Å². The number of aromatic nitrogens is 3. The molecule has 10 heteroatoms. The van der Waals surface area contributed by atoms with Gasteiger partial charge in [0.2, 0.25) is 0 Å². The van der Waals surface area contributed by atoms with Gasteiger partial charge in [-0.2, -0.15) is 5.26 Å². The summed E-state index contributed by atoms with van der Waals surface area (Å²) in [4.78, 5) is 8.36. The SMILES string of the molecule is CCCCC(C#N)(Cn1cnnc1)c1ccc(Cl)cc1Cl.O=[N+]([O-])O. The smallest absolute Gasteiger partial charge is 0.291 e. The zero-order chi connectivity index (χ0) is 18.9. The molecule has 0 aliphatic heterocycles. The first-order valence-electron chi connectivity index (χ1n) is 7.37. The van der Waals surface area contributed by atoms with Gasteiger partial charge in [0.15, 0.2) is 0 Å². The summed E-state index contributed by atoms with van der Waals surface area (Å²) >= 11 is 12.3. The third-order valence-electron chi connectivity index (χ3n) is 3.54. The van der Waals surface area contributed by atoms with Crippen LogP contribution in [0.25, 0.3) is 0 Å². The van der Waals surface area contributed by atoms with Crippen molar-refractivity contribution in [3.05, 3.63) is 56.6 Å². The minimum Gasteiger partial charge on any atom is -0.328 e. The Morgan fingerprint density at radius 2 is 2.00 bits per heavy atom. The summed E-state index contributed by atoms with van der Waals surface area (Å²) in [5, 5.41) is 32.2. The maximum Gasteiger partial charge on any atom is 0.291 e. The fourth-order valence-electron chi connectivity index (χ4n) is 2.42. The fourth-order valence-corrected chi connectivity index (χ4v) is 3.01. The molecule has 1 aromatic heterocycles. The van der Waals surface area contributed by atoms with Crippen LogP contribution in [0, 0.1) is 21.4 Å². The van der Waals surface area contributed by atoms with Gasteiger partial charge in [0, 0.05) is 16.6 Å². The van der Waals surface area contributed by atoms with E-state index in [1.165, 1.54) is 0 Å². The Bertz CT molecular complexity index is 729. The van der Waals surface area contributed by atoms with Crippen LogP contribution in [0.4, 0.5) is 0 Å². The molecular weight excluding hydrogens is 369 g/mol. The lowest BCUT2D eigenvalue weighted by Crippen LogP contribution is -2.30. The van der Waals surface area contributed by atoms with Crippen molar-refractivity contribution in [3.63, 3.8) is 0 Å². The van der Waals surface area contributed by atoms with E-state index in [0.29, 0.717) is 16.6 Å². The molecule has 25 heavy (non-hydrogen) atoms. The summed E-state index contributed by atoms with van der Waals surface area (Å²) < 4.78 is 1.81. The molecule has 2 rings (SSSR count). The Balaban J connectivity index is 0.000000705. The number of benzene rings is 1. The summed E-state index contributed by atoms with van der Waals surface area (Å²) in [6, 6.07) is 7.76. The molecule has 1 N–H and O–H groups in total. The lowest BCUT2D eigenvalue weighted by molar-refractivity contribution is -0.742. The summed E-state index contributed by atoms with van der Waals surface area (Å²) in [5.41, 5.74) is 0.0956. The van der Waals surface area contributed by atoms with E-state index in [9.17, 15) is 5.26 Å². The largest absolute Gasteiger partial charge is 0.328 e. The Labute approximate surface area is 154 Å². The minimum atomic E-state index is -1.50. The Morgan fingerprint density at radius 3 is 2.48 bits per heavy atom. The number of halogens is 2. The lowest BCUT2D eigenvalue weighted by Gasteiger charge is -2.28. The molecule has 1 heterocycles. The van der Waals surface area contributed by atoms with Crippen molar-refractivity contribution in [2.75, 3.05) is 0 Å². The second-order valence-corrected chi connectivity index (χ2v) is 6.14. The summed E-state index contributed by atoms with van der Waals surface area (Å²) in [6.45, 7) is 2.57. The number of unbranched alkanes of at least 4 members (excludes halogenated alkanes) is 1. The van der Waals surface area contributed by atoms with Gasteiger partial charge in [0.05, 0.1) is 6.07 Å². The van der Waals surface area contributed by atoms with Gasteiger partial charge in [-0.05, 0) is 24.1 Å². The third-order valence-corrected chi connectivity index (χ3v) is 4.08. The Hall–Kier alpha value is -2.37. The summed E-state index contributed by atoms with van der Waals surface area (Å²) in [7, 11) is 0. The van der Waals surface area contributed by atoms with Crippen molar-refractivity contribution in [2.45, 2.75) is 38.1 Å². The van der Waals surface area contributed by atoms with Gasteiger partial charge in [-0.15, -0.1) is 20.3 Å². The molecule has 2 aromatic rings. The van der Waals surface area contributed by atoms with Crippen molar-refractivity contribution in [3.8, 4) is 6.07 Å². The van der Waals surface area contributed by atoms with Crippen LogP contribution in [0.2, 0.25) is 10.0 Å². The van der Waals surface area contributed by atoms with Crippen LogP contribution in [0.5, 0.6) is 0 Å². The van der Waals surface area contributed by atoms with Gasteiger partial charge in [0.1, 0.15) is 18.1 Å². The number of hydrogen-bond donors (Lipinski definition) is 1. The molecule has 0 bridgehead atoms. The average molecular weight is 386 g/mol. The third kappa shape index (κ3) is 6.21. The predicted octanol–water partition coefficient (Wildman–Crippen LogP) is 3.89. The van der Waals surface area contributed by atoms with Crippen LogP contribution in [0.15, 0.2) is 30.9 Å². The predicted molar refractivity (Wildman–Crippen MR) is 92.1 cm³/mol. The first-order valence-corrected chi connectivity index (χ1v) is 8.12. The van der Waals surface area contributed by atoms with E-state index >= 15 is 0 Å². The molecule has 0 radical (unpaired) electrons. The van der Waals surface area contributed by atoms with Crippen LogP contribution in [-0.2, 0) is 12.0 Å². The molecule has 1 atom stereocenters. The summed E-state index contributed by atoms with van der Waals surface area (Å²) in [5.74, 6) is 0. The number of nitriles is 1. The first-order chi connectivity index (χ1) is 11.8. The molecular formula is C15H17Cl2N5O3. The molecule has 8 nitrogen and oxygen atoms in total. The molecule has 0 amide bonds. The van der Waals surface area contributed by atoms with Crippen molar-refractivity contribution in [2.24, 2.45) is 0 Å². The van der Waals surface area contributed by atoms with E-state index in [0.717, 1.165) is 24.8 Å². The monoisotopic (exact) mass is 385 g/mol. The van der Waals surface area contributed by atoms with Gasteiger partial charge < -0.3 is 9.77 Å². The van der Waals surface area contributed by atoms with Gasteiger partial charge >= 0.3 is 0 Å². The fraction of sp³-hybridized carbons (Fsp3) is 0.400. The van der Waals surface area contributed by atoms with Crippen molar-refractivity contribution in [1.29, 1.82) is 5.26 Å². The molecule has 1 aromatic carbocycles. The van der Waals surface area contributed by atoms with Crippen molar-refractivity contribution < 1.29 is 10.3 Å². The summed E-state index contributed by atoms with van der Waals surface area (Å²) in [6.07, 6.45) is 5.90. The van der Waals surface area contributed by atoms with Gasteiger partial charge in [-0.1, -0.05) is 49.0 Å². The van der Waals surface area contributed by atoms with Gasteiger partial charge in [-0.3, -0.25) is 0 Å². The molecule has 134 valence electrons. The van der Waals surface area contributed by atoms with Crippen LogP contribution >= 0.6 is 23.2 Å². The van der Waals surface area contributed by atoms with Gasteiger partial charge in [0.25, 0.3) is 5.09 Å². The average Bonchev–Trinajstić information content (AvgIpc) is 3.04. The standard InChI is InChI=1S/C15H16Cl2N4.HNO3/c1-2-3-6-15(8-18,9-21-10-19-20-11-21)13-5-4-12(16)7-14(13)17;2-1(3)4/h4-5,7,10-11H,2-3,6,9H2,1H3;(H,2,3,4). The van der Waals surface area contributed by atoms with Gasteiger partial charge in [-0.25, -0.2) is 0 Å². The highest BCUT2D eigenvalue weighted by Gasteiger charge is 2.34. The highest BCUT2D eigenvalue weighted by Crippen LogP contribution is 2.37. The molecule has 0 aliphatic rings. The van der Waals surface area contributed by atoms with E-state index in [-0.39, 0.29) is 0 Å². The van der Waals surface area contributed by atoms with E-state index in [1.807, 2.05) is 10.6 Å². The van der Waals surface area contributed by atoms with Crippen LogP contribution in [-0.4, -0.2) is 25.1 Å². The Kier molecular flexibility index (Phi) is 8.11. The molecule has 0 fully saturated rings. The van der Waals surface area contributed by atoms with Crippen molar-refractivity contribution >= 4 is 23.2 Å². The van der Waals surface area contributed by atoms with Crippen LogP contribution in [0.3, 0.4) is 0 Å². The molecule has 0 saturated heterocycles. The molecule has 1 unspecified atom stereocenters. The maximum absolute atomic E-state index is 9.85. The second-order valence-electron chi connectivity index (χ2n) is 5.29. The van der Waals surface area contributed by atoms with E-state index in [2.05, 4.69) is 23.2 Å². The highest BCUT2D eigenvalue weighted by atomic mass is 35.5. The van der Waals surface area contributed by atoms with Crippen molar-refractivity contribution in [1.82, 2.24) is 14.8 Å². The number of rotatable bonds is 6. The quantitative estimate of drug-likeness (QED) is 0.594. The highest BCUT2D eigenvalue weighted by molar-refractivity contribution is 6.35. The van der Waals surface area contributed by atoms with E-state index < -0.39 is 10.5 Å². The maximum atomic E-state index is 9.85. The van der Waals surface area contributed by atoms with Crippen LogP contribution < -0.4 is 0 Å². The lowest BCUT2D eigenvalue weighted by atomic mass is 9.77. The normalized spacial score (nSPS) is 12.4. The number of hydrogen-bond acceptors (Lipinski definition) is 5. The van der Waals surface area contributed by atoms with E-state index in [4.69, 9.17) is 38.5 Å². The molecule has 0 spiro atoms. The Morgan fingerprint density at radius 1 is 1.40 bits per heavy atom. The zero-order valence-electron chi connectivity index (χ0n) is 13.5. The zero-order valence-corrected chi connectivity index (χ0v) is 15.0. The first kappa shape index (κ1) is 20.7. The topological polar surface area (TPSA) is 118 Å². The molecule has 0 aliphatic carbocycles. The second kappa shape index (κ2) is 9.81.